The van der Waals surface area contributed by atoms with Gasteiger partial charge >= 0.3 is 0 Å². The van der Waals surface area contributed by atoms with Crippen molar-refractivity contribution in [2.24, 2.45) is 7.05 Å². The number of benzene rings is 1. The zero-order valence-corrected chi connectivity index (χ0v) is 8.23. The standard InChI is InChI=1S/C10H12N4/c1-7-3-8(5-9(11)4-7)10-6-12-14(2)13-10/h3-6H,11H2,1-2H3. The van der Waals surface area contributed by atoms with Gasteiger partial charge < -0.3 is 5.73 Å². The van der Waals surface area contributed by atoms with Crippen LogP contribution >= 0.6 is 0 Å². The number of rotatable bonds is 1. The number of hydrogen-bond donors (Lipinski definition) is 1. The van der Waals surface area contributed by atoms with E-state index in [1.165, 1.54) is 4.80 Å². The lowest BCUT2D eigenvalue weighted by Gasteiger charge is -2.00. The van der Waals surface area contributed by atoms with Gasteiger partial charge in [0.15, 0.2) is 0 Å². The summed E-state index contributed by atoms with van der Waals surface area (Å²) < 4.78 is 0. The molecular weight excluding hydrogens is 176 g/mol. The number of aryl methyl sites for hydroxylation is 2. The smallest absolute Gasteiger partial charge is 0.113 e. The van der Waals surface area contributed by atoms with Gasteiger partial charge in [-0.1, -0.05) is 0 Å². The molecule has 2 rings (SSSR count). The average Bonchev–Trinajstić information content (AvgIpc) is 2.50. The molecule has 2 aromatic rings. The van der Waals surface area contributed by atoms with Crippen molar-refractivity contribution in [2.75, 3.05) is 5.73 Å². The molecule has 0 saturated heterocycles. The van der Waals surface area contributed by atoms with Crippen molar-refractivity contribution in [1.82, 2.24) is 15.0 Å². The highest BCUT2D eigenvalue weighted by Gasteiger charge is 2.03. The van der Waals surface area contributed by atoms with E-state index >= 15 is 0 Å². The molecule has 0 aliphatic rings. The van der Waals surface area contributed by atoms with Gasteiger partial charge in [0.2, 0.25) is 0 Å². The van der Waals surface area contributed by atoms with Gasteiger partial charge in [0.05, 0.1) is 6.20 Å². The van der Waals surface area contributed by atoms with E-state index in [4.69, 9.17) is 5.73 Å². The fourth-order valence-electron chi connectivity index (χ4n) is 1.44. The van der Waals surface area contributed by atoms with Gasteiger partial charge in [-0.15, -0.1) is 0 Å². The fraction of sp³-hybridized carbons (Fsp3) is 0.200. The Balaban J connectivity index is 2.51. The zero-order chi connectivity index (χ0) is 10.1. The molecule has 0 radical (unpaired) electrons. The second-order valence-electron chi connectivity index (χ2n) is 3.35. The first-order valence-corrected chi connectivity index (χ1v) is 4.39. The Hall–Kier alpha value is -1.84. The van der Waals surface area contributed by atoms with Crippen molar-refractivity contribution < 1.29 is 0 Å². The van der Waals surface area contributed by atoms with Crippen LogP contribution < -0.4 is 5.73 Å². The SMILES string of the molecule is Cc1cc(N)cc(-c2cnn(C)n2)c1. The van der Waals surface area contributed by atoms with Crippen molar-refractivity contribution in [1.29, 1.82) is 0 Å². The van der Waals surface area contributed by atoms with E-state index in [1.807, 2.05) is 25.1 Å². The predicted molar refractivity (Wildman–Crippen MR) is 55.6 cm³/mol. The largest absolute Gasteiger partial charge is 0.399 e. The Morgan fingerprint density at radius 3 is 2.64 bits per heavy atom. The van der Waals surface area contributed by atoms with Crippen molar-refractivity contribution in [3.05, 3.63) is 30.0 Å². The quantitative estimate of drug-likeness (QED) is 0.688. The van der Waals surface area contributed by atoms with Gasteiger partial charge in [-0.3, -0.25) is 0 Å². The molecule has 2 N–H and O–H groups in total. The summed E-state index contributed by atoms with van der Waals surface area (Å²) in [7, 11) is 1.79. The lowest BCUT2D eigenvalue weighted by Crippen LogP contribution is -1.92. The van der Waals surface area contributed by atoms with Crippen LogP contribution in [0.4, 0.5) is 5.69 Å². The summed E-state index contributed by atoms with van der Waals surface area (Å²) in [5.41, 5.74) is 9.49. The minimum Gasteiger partial charge on any atom is -0.399 e. The molecule has 14 heavy (non-hydrogen) atoms. The van der Waals surface area contributed by atoms with E-state index in [2.05, 4.69) is 10.2 Å². The molecule has 0 atom stereocenters. The number of nitrogen functional groups attached to an aromatic ring is 1. The molecule has 0 aliphatic heterocycles. The molecule has 0 saturated carbocycles. The lowest BCUT2D eigenvalue weighted by molar-refractivity contribution is 0.655. The molecule has 0 bridgehead atoms. The summed E-state index contributed by atoms with van der Waals surface area (Å²) in [5, 5.41) is 8.23. The first-order chi connectivity index (χ1) is 6.65. The monoisotopic (exact) mass is 188 g/mol. The molecule has 1 aromatic carbocycles. The molecule has 72 valence electrons. The Labute approximate surface area is 82.4 Å². The topological polar surface area (TPSA) is 56.7 Å². The first kappa shape index (κ1) is 8.74. The highest BCUT2D eigenvalue weighted by molar-refractivity contribution is 5.64. The zero-order valence-electron chi connectivity index (χ0n) is 8.23. The normalized spacial score (nSPS) is 10.4. The van der Waals surface area contributed by atoms with Crippen LogP contribution in [0.25, 0.3) is 11.3 Å². The molecular formula is C10H12N4. The van der Waals surface area contributed by atoms with Gasteiger partial charge in [0.1, 0.15) is 5.69 Å². The van der Waals surface area contributed by atoms with Crippen LogP contribution in [0.15, 0.2) is 24.4 Å². The maximum absolute atomic E-state index is 5.75. The average molecular weight is 188 g/mol. The Kier molecular flexibility index (Phi) is 1.96. The number of aromatic nitrogens is 3. The minimum absolute atomic E-state index is 0.755. The van der Waals surface area contributed by atoms with Crippen molar-refractivity contribution in [3.8, 4) is 11.3 Å². The van der Waals surface area contributed by atoms with Crippen LogP contribution in [0.5, 0.6) is 0 Å². The van der Waals surface area contributed by atoms with E-state index in [0.717, 1.165) is 22.5 Å². The van der Waals surface area contributed by atoms with Crippen molar-refractivity contribution in [2.45, 2.75) is 6.92 Å². The van der Waals surface area contributed by atoms with Crippen molar-refractivity contribution in [3.63, 3.8) is 0 Å². The third kappa shape index (κ3) is 1.59. The summed E-state index contributed by atoms with van der Waals surface area (Å²) in [6.45, 7) is 2.01. The van der Waals surface area contributed by atoms with E-state index in [1.54, 1.807) is 13.2 Å². The van der Waals surface area contributed by atoms with E-state index in [9.17, 15) is 0 Å². The number of nitrogens with two attached hydrogens (primary N) is 1. The molecule has 4 nitrogen and oxygen atoms in total. The van der Waals surface area contributed by atoms with Gasteiger partial charge in [0, 0.05) is 18.3 Å². The minimum atomic E-state index is 0.755. The Morgan fingerprint density at radius 1 is 1.29 bits per heavy atom. The molecule has 0 fully saturated rings. The predicted octanol–water partition coefficient (Wildman–Crippen LogP) is 1.37. The summed E-state index contributed by atoms with van der Waals surface area (Å²) in [5.74, 6) is 0. The highest BCUT2D eigenvalue weighted by Crippen LogP contribution is 2.20. The second kappa shape index (κ2) is 3.14. The molecule has 0 aliphatic carbocycles. The number of nitrogens with zero attached hydrogens (tertiary/aromatic N) is 3. The summed E-state index contributed by atoms with van der Waals surface area (Å²) >= 11 is 0. The van der Waals surface area contributed by atoms with Crippen LogP contribution in [-0.2, 0) is 7.05 Å². The highest BCUT2D eigenvalue weighted by atomic mass is 15.4. The first-order valence-electron chi connectivity index (χ1n) is 4.39. The molecule has 0 unspecified atom stereocenters. The van der Waals surface area contributed by atoms with Crippen LogP contribution in [0, 0.1) is 6.92 Å². The third-order valence-electron chi connectivity index (χ3n) is 2.00. The van der Waals surface area contributed by atoms with E-state index in [-0.39, 0.29) is 0 Å². The van der Waals surface area contributed by atoms with E-state index < -0.39 is 0 Å². The van der Waals surface area contributed by atoms with Crippen molar-refractivity contribution >= 4 is 5.69 Å². The summed E-state index contributed by atoms with van der Waals surface area (Å²) in [6, 6.07) is 5.87. The second-order valence-corrected chi connectivity index (χ2v) is 3.35. The maximum atomic E-state index is 5.75. The molecule has 0 spiro atoms. The molecule has 1 heterocycles. The van der Waals surface area contributed by atoms with Gasteiger partial charge in [-0.25, -0.2) is 0 Å². The van der Waals surface area contributed by atoms with Crippen LogP contribution in [-0.4, -0.2) is 15.0 Å². The van der Waals surface area contributed by atoms with Gasteiger partial charge in [-0.2, -0.15) is 15.0 Å². The Morgan fingerprint density at radius 2 is 2.07 bits per heavy atom. The van der Waals surface area contributed by atoms with Gasteiger partial charge in [0.25, 0.3) is 0 Å². The van der Waals surface area contributed by atoms with Crippen LogP contribution in [0.2, 0.25) is 0 Å². The van der Waals surface area contributed by atoms with Gasteiger partial charge in [-0.05, 0) is 30.7 Å². The third-order valence-corrected chi connectivity index (χ3v) is 2.00. The lowest BCUT2D eigenvalue weighted by atomic mass is 10.1. The summed E-state index contributed by atoms with van der Waals surface area (Å²) in [4.78, 5) is 1.54. The van der Waals surface area contributed by atoms with E-state index in [0.29, 0.717) is 0 Å². The van der Waals surface area contributed by atoms with Crippen LogP contribution in [0.1, 0.15) is 5.56 Å². The summed E-state index contributed by atoms with van der Waals surface area (Å²) in [6.07, 6.45) is 1.73. The fourth-order valence-corrected chi connectivity index (χ4v) is 1.44. The maximum Gasteiger partial charge on any atom is 0.113 e. The molecule has 0 amide bonds. The molecule has 1 aromatic heterocycles. The molecule has 4 heteroatoms. The Bertz CT molecular complexity index is 439. The van der Waals surface area contributed by atoms with Crippen LogP contribution in [0.3, 0.4) is 0 Å². The number of anilines is 1. The number of hydrogen-bond acceptors (Lipinski definition) is 3.